The van der Waals surface area contributed by atoms with Crippen molar-refractivity contribution >= 4 is 17.4 Å². The van der Waals surface area contributed by atoms with Gasteiger partial charge in [-0.15, -0.1) is 0 Å². The van der Waals surface area contributed by atoms with E-state index in [1.54, 1.807) is 12.1 Å². The molecule has 35 heavy (non-hydrogen) atoms. The summed E-state index contributed by atoms with van der Waals surface area (Å²) in [7, 11) is 0. The highest BCUT2D eigenvalue weighted by atomic mass is 16.7. The summed E-state index contributed by atoms with van der Waals surface area (Å²) in [6.07, 6.45) is 3.51. The van der Waals surface area contributed by atoms with Gasteiger partial charge in [0.25, 0.3) is 5.69 Å². The molecule has 6 heteroatoms. The molecule has 0 aliphatic carbocycles. The van der Waals surface area contributed by atoms with E-state index < -0.39 is 11.4 Å². The van der Waals surface area contributed by atoms with Gasteiger partial charge in [0.05, 0.1) is 4.92 Å². The van der Waals surface area contributed by atoms with Crippen molar-refractivity contribution < 1.29 is 14.6 Å². The maximum absolute atomic E-state index is 11.6. The zero-order valence-electron chi connectivity index (χ0n) is 20.8. The second kappa shape index (κ2) is 11.6. The van der Waals surface area contributed by atoms with E-state index in [2.05, 4.69) is 31.1 Å². The molecule has 0 aliphatic heterocycles. The molecule has 182 valence electrons. The van der Waals surface area contributed by atoms with Gasteiger partial charge in [-0.2, -0.15) is 0 Å². The summed E-state index contributed by atoms with van der Waals surface area (Å²) < 4.78 is 0. The molecule has 0 fully saturated rings. The predicted octanol–water partition coefficient (Wildman–Crippen LogP) is 7.11. The van der Waals surface area contributed by atoms with Crippen molar-refractivity contribution in [2.24, 2.45) is 5.16 Å². The fourth-order valence-electron chi connectivity index (χ4n) is 4.81. The Morgan fingerprint density at radius 3 is 2.17 bits per heavy atom. The van der Waals surface area contributed by atoms with E-state index in [0.29, 0.717) is 5.71 Å². The summed E-state index contributed by atoms with van der Waals surface area (Å²) in [4.78, 5) is 27.9. The Kier molecular flexibility index (Phi) is 8.53. The number of rotatable bonds is 10. The van der Waals surface area contributed by atoms with Crippen molar-refractivity contribution in [2.75, 3.05) is 0 Å². The van der Waals surface area contributed by atoms with Crippen molar-refractivity contribution in [1.82, 2.24) is 0 Å². The third kappa shape index (κ3) is 5.83. The average molecular weight is 473 g/mol. The third-order valence-corrected chi connectivity index (χ3v) is 6.32. The van der Waals surface area contributed by atoms with E-state index in [4.69, 9.17) is 4.84 Å². The van der Waals surface area contributed by atoms with Crippen LogP contribution in [0.25, 0.3) is 0 Å². The number of carbonyl (C=O) groups excluding carboxylic acids is 1. The number of carbonyl (C=O) groups is 1. The standard InChI is InChI=1S/C29H32N2O4/c1-5-17-29(18-6-2,25-14-10-15-26(20-25)31(33)34)24-13-9-12-23(19-24)28(30-35-22(4)32)27-16-8-7-11-21(27)3/h7-16,19-20H,5-6,17-18H2,1-4H3/b30-28+. The zero-order valence-corrected chi connectivity index (χ0v) is 20.8. The van der Waals surface area contributed by atoms with Crippen LogP contribution in [-0.2, 0) is 15.0 Å². The molecule has 0 saturated carbocycles. The van der Waals surface area contributed by atoms with Gasteiger partial charge in [0.1, 0.15) is 5.71 Å². The van der Waals surface area contributed by atoms with Crippen LogP contribution >= 0.6 is 0 Å². The van der Waals surface area contributed by atoms with E-state index in [-0.39, 0.29) is 10.6 Å². The van der Waals surface area contributed by atoms with E-state index >= 15 is 0 Å². The Morgan fingerprint density at radius 2 is 1.57 bits per heavy atom. The normalized spacial score (nSPS) is 11.8. The lowest BCUT2D eigenvalue weighted by molar-refractivity contribution is -0.385. The molecule has 0 amide bonds. The molecule has 0 heterocycles. The number of nitro benzene ring substituents is 1. The fourth-order valence-corrected chi connectivity index (χ4v) is 4.81. The number of nitro groups is 1. The number of hydrogen-bond donors (Lipinski definition) is 0. The molecule has 3 aromatic rings. The molecule has 0 aromatic heterocycles. The Hall–Kier alpha value is -3.80. The van der Waals surface area contributed by atoms with Crippen LogP contribution in [0.4, 0.5) is 5.69 Å². The van der Waals surface area contributed by atoms with Crippen molar-refractivity contribution in [3.8, 4) is 0 Å². The lowest BCUT2D eigenvalue weighted by Gasteiger charge is -2.35. The number of benzene rings is 3. The summed E-state index contributed by atoms with van der Waals surface area (Å²) in [5.74, 6) is -0.491. The minimum atomic E-state index is -0.491. The lowest BCUT2D eigenvalue weighted by Crippen LogP contribution is -2.28. The van der Waals surface area contributed by atoms with Gasteiger partial charge in [0.2, 0.25) is 0 Å². The Bertz CT molecular complexity index is 1230. The molecule has 0 N–H and O–H groups in total. The first kappa shape index (κ1) is 25.8. The van der Waals surface area contributed by atoms with Crippen molar-refractivity contribution in [2.45, 2.75) is 58.8 Å². The zero-order chi connectivity index (χ0) is 25.4. The van der Waals surface area contributed by atoms with Crippen LogP contribution in [0.1, 0.15) is 74.3 Å². The first-order valence-corrected chi connectivity index (χ1v) is 12.0. The average Bonchev–Trinajstić information content (AvgIpc) is 2.85. The van der Waals surface area contributed by atoms with E-state index in [1.165, 1.54) is 13.0 Å². The predicted molar refractivity (Wildman–Crippen MR) is 139 cm³/mol. The van der Waals surface area contributed by atoms with Gasteiger partial charge in [-0.3, -0.25) is 10.1 Å². The second-order valence-electron chi connectivity index (χ2n) is 8.81. The summed E-state index contributed by atoms with van der Waals surface area (Å²) in [6, 6.07) is 22.9. The summed E-state index contributed by atoms with van der Waals surface area (Å²) >= 11 is 0. The Balaban J connectivity index is 2.23. The van der Waals surface area contributed by atoms with Gasteiger partial charge >= 0.3 is 5.97 Å². The van der Waals surface area contributed by atoms with Crippen LogP contribution in [0.15, 0.2) is 78.0 Å². The van der Waals surface area contributed by atoms with Crippen LogP contribution in [0.2, 0.25) is 0 Å². The van der Waals surface area contributed by atoms with E-state index in [9.17, 15) is 14.9 Å². The van der Waals surface area contributed by atoms with Crippen molar-refractivity contribution in [1.29, 1.82) is 0 Å². The molecule has 0 radical (unpaired) electrons. The summed E-state index contributed by atoms with van der Waals surface area (Å²) in [5, 5.41) is 15.8. The van der Waals surface area contributed by atoms with Gasteiger partial charge in [0.15, 0.2) is 0 Å². The molecule has 3 rings (SSSR count). The number of oxime groups is 1. The SMILES string of the molecule is CCCC(CCC)(c1cccc(/C(=N\OC(C)=O)c2ccccc2C)c1)c1cccc([N+](=O)[O-])c1. The van der Waals surface area contributed by atoms with Gasteiger partial charge in [0, 0.05) is 35.6 Å². The molecule has 0 spiro atoms. The second-order valence-corrected chi connectivity index (χ2v) is 8.81. The summed E-state index contributed by atoms with van der Waals surface area (Å²) in [5.41, 5.74) is 4.96. The minimum absolute atomic E-state index is 0.0901. The quantitative estimate of drug-likeness (QED) is 0.136. The molecule has 0 atom stereocenters. The molecule has 0 bridgehead atoms. The Morgan fingerprint density at radius 1 is 0.943 bits per heavy atom. The highest BCUT2D eigenvalue weighted by molar-refractivity contribution is 6.13. The maximum atomic E-state index is 11.6. The molecule has 0 unspecified atom stereocenters. The molecule has 6 nitrogen and oxygen atoms in total. The molecular weight excluding hydrogens is 440 g/mol. The van der Waals surface area contributed by atoms with Gasteiger partial charge in [-0.1, -0.05) is 86.4 Å². The van der Waals surface area contributed by atoms with E-state index in [0.717, 1.165) is 53.5 Å². The van der Waals surface area contributed by atoms with Crippen LogP contribution in [0.5, 0.6) is 0 Å². The van der Waals surface area contributed by atoms with Crippen molar-refractivity contribution in [3.63, 3.8) is 0 Å². The fraction of sp³-hybridized carbons (Fsp3) is 0.310. The number of non-ortho nitro benzene ring substituents is 1. The van der Waals surface area contributed by atoms with E-state index in [1.807, 2.05) is 49.4 Å². The molecule has 3 aromatic carbocycles. The monoisotopic (exact) mass is 472 g/mol. The number of hydrogen-bond acceptors (Lipinski definition) is 5. The molecule has 0 aliphatic rings. The van der Waals surface area contributed by atoms with Gasteiger partial charge in [-0.25, -0.2) is 4.79 Å². The Labute approximate surface area is 206 Å². The summed E-state index contributed by atoms with van der Waals surface area (Å²) in [6.45, 7) is 7.58. The highest BCUT2D eigenvalue weighted by Crippen LogP contribution is 2.42. The van der Waals surface area contributed by atoms with Gasteiger partial charge < -0.3 is 4.84 Å². The molecule has 0 saturated heterocycles. The molecular formula is C29H32N2O4. The first-order valence-electron chi connectivity index (χ1n) is 12.0. The van der Waals surface area contributed by atoms with Gasteiger partial charge in [-0.05, 0) is 42.5 Å². The van der Waals surface area contributed by atoms with Crippen LogP contribution in [0, 0.1) is 17.0 Å². The number of nitrogens with zero attached hydrogens (tertiary/aromatic N) is 2. The van der Waals surface area contributed by atoms with Crippen LogP contribution in [-0.4, -0.2) is 16.6 Å². The lowest BCUT2D eigenvalue weighted by atomic mass is 9.68. The minimum Gasteiger partial charge on any atom is -0.318 e. The number of aryl methyl sites for hydroxylation is 1. The van der Waals surface area contributed by atoms with Crippen LogP contribution in [0.3, 0.4) is 0 Å². The largest absolute Gasteiger partial charge is 0.332 e. The smallest absolute Gasteiger partial charge is 0.318 e. The first-order chi connectivity index (χ1) is 16.8. The highest BCUT2D eigenvalue weighted by Gasteiger charge is 2.34. The maximum Gasteiger partial charge on any atom is 0.332 e. The third-order valence-electron chi connectivity index (χ3n) is 6.32. The van der Waals surface area contributed by atoms with Crippen molar-refractivity contribution in [3.05, 3.63) is 111 Å². The topological polar surface area (TPSA) is 81.8 Å². The van der Waals surface area contributed by atoms with Crippen LogP contribution < -0.4 is 0 Å².